The summed E-state index contributed by atoms with van der Waals surface area (Å²) in [4.78, 5) is 5.01. The lowest BCUT2D eigenvalue weighted by Gasteiger charge is -2.36. The maximum absolute atomic E-state index is 5.58. The van der Waals surface area contributed by atoms with Gasteiger partial charge < -0.3 is 10.6 Å². The summed E-state index contributed by atoms with van der Waals surface area (Å²) in [6, 6.07) is 15.4. The number of rotatable bonds is 4. The lowest BCUT2D eigenvalue weighted by atomic mass is 10.1. The fourth-order valence-corrected chi connectivity index (χ4v) is 2.92. The van der Waals surface area contributed by atoms with E-state index in [1.54, 1.807) is 0 Å². The van der Waals surface area contributed by atoms with Crippen molar-refractivity contribution in [2.45, 2.75) is 6.42 Å². The zero-order valence-electron chi connectivity index (χ0n) is 12.0. The Kier molecular flexibility index (Phi) is 4.19. The fraction of sp³-hybridized carbons (Fsp3) is 0.412. The highest BCUT2D eigenvalue weighted by molar-refractivity contribution is 5.85. The molecule has 2 aromatic carbocycles. The quantitative estimate of drug-likeness (QED) is 0.924. The van der Waals surface area contributed by atoms with Gasteiger partial charge in [0.2, 0.25) is 0 Å². The van der Waals surface area contributed by atoms with Crippen LogP contribution in [-0.2, 0) is 0 Å². The molecule has 2 N–H and O–H groups in total. The van der Waals surface area contributed by atoms with Gasteiger partial charge in [-0.1, -0.05) is 30.3 Å². The maximum atomic E-state index is 5.58. The van der Waals surface area contributed by atoms with Gasteiger partial charge in [0, 0.05) is 31.9 Å². The first-order chi connectivity index (χ1) is 9.86. The third-order valence-electron chi connectivity index (χ3n) is 4.15. The lowest BCUT2D eigenvalue weighted by Crippen LogP contribution is -2.46. The van der Waals surface area contributed by atoms with Gasteiger partial charge in [0.25, 0.3) is 0 Å². The van der Waals surface area contributed by atoms with Crippen LogP contribution < -0.4 is 10.6 Å². The predicted molar refractivity (Wildman–Crippen MR) is 86.3 cm³/mol. The van der Waals surface area contributed by atoms with Gasteiger partial charge in [-0.15, -0.1) is 0 Å². The zero-order valence-corrected chi connectivity index (χ0v) is 12.0. The third-order valence-corrected chi connectivity index (χ3v) is 4.15. The van der Waals surface area contributed by atoms with Gasteiger partial charge in [-0.3, -0.25) is 4.90 Å². The van der Waals surface area contributed by atoms with E-state index in [1.807, 2.05) is 0 Å². The molecule has 0 aliphatic carbocycles. The van der Waals surface area contributed by atoms with E-state index in [0.717, 1.165) is 45.7 Å². The van der Waals surface area contributed by atoms with Crippen LogP contribution in [0.25, 0.3) is 10.8 Å². The number of anilines is 1. The van der Waals surface area contributed by atoms with Gasteiger partial charge in [-0.25, -0.2) is 0 Å². The van der Waals surface area contributed by atoms with Crippen LogP contribution in [0, 0.1) is 0 Å². The molecule has 1 heterocycles. The van der Waals surface area contributed by atoms with Gasteiger partial charge in [-0.2, -0.15) is 0 Å². The first-order valence-corrected chi connectivity index (χ1v) is 7.53. The van der Waals surface area contributed by atoms with Gasteiger partial charge in [-0.05, 0) is 42.4 Å². The van der Waals surface area contributed by atoms with Gasteiger partial charge in [0.1, 0.15) is 0 Å². The Morgan fingerprint density at radius 2 is 1.65 bits per heavy atom. The van der Waals surface area contributed by atoms with E-state index in [0.29, 0.717) is 0 Å². The van der Waals surface area contributed by atoms with Crippen LogP contribution in [0.1, 0.15) is 6.42 Å². The number of nitrogens with zero attached hydrogens (tertiary/aromatic N) is 2. The van der Waals surface area contributed by atoms with Crippen molar-refractivity contribution in [3.05, 3.63) is 42.5 Å². The molecule has 1 aliphatic heterocycles. The van der Waals surface area contributed by atoms with Crippen molar-refractivity contribution in [2.24, 2.45) is 5.73 Å². The van der Waals surface area contributed by atoms with Crippen LogP contribution in [0.4, 0.5) is 5.69 Å². The molecule has 0 amide bonds. The summed E-state index contributed by atoms with van der Waals surface area (Å²) in [6.07, 6.45) is 1.11. The molecule has 0 aromatic heterocycles. The molecule has 2 aromatic rings. The smallest absolute Gasteiger partial charge is 0.0373 e. The molecule has 1 saturated heterocycles. The van der Waals surface area contributed by atoms with Crippen molar-refractivity contribution in [2.75, 3.05) is 44.2 Å². The summed E-state index contributed by atoms with van der Waals surface area (Å²) < 4.78 is 0. The van der Waals surface area contributed by atoms with Crippen molar-refractivity contribution >= 4 is 16.5 Å². The molecule has 20 heavy (non-hydrogen) atoms. The summed E-state index contributed by atoms with van der Waals surface area (Å²) in [5, 5.41) is 2.65. The standard InChI is InChI=1S/C17H23N3/c18-8-3-9-19-10-12-20(13-11-19)17-7-6-15-4-1-2-5-16(15)14-17/h1-2,4-7,14H,3,8-13,18H2. The number of piperazine rings is 1. The van der Waals surface area contributed by atoms with Crippen molar-refractivity contribution in [1.82, 2.24) is 4.90 Å². The van der Waals surface area contributed by atoms with Crippen molar-refractivity contribution < 1.29 is 0 Å². The molecule has 106 valence electrons. The Hall–Kier alpha value is -1.58. The zero-order chi connectivity index (χ0) is 13.8. The molecule has 0 radical (unpaired) electrons. The highest BCUT2D eigenvalue weighted by Gasteiger charge is 2.16. The molecular weight excluding hydrogens is 246 g/mol. The van der Waals surface area contributed by atoms with E-state index in [1.165, 1.54) is 16.5 Å². The molecular formula is C17H23N3. The topological polar surface area (TPSA) is 32.5 Å². The summed E-state index contributed by atoms with van der Waals surface area (Å²) in [6.45, 7) is 6.46. The largest absolute Gasteiger partial charge is 0.369 e. The predicted octanol–water partition coefficient (Wildman–Crippen LogP) is 2.31. The van der Waals surface area contributed by atoms with E-state index >= 15 is 0 Å². The Balaban J connectivity index is 1.67. The third kappa shape index (κ3) is 2.94. The Bertz CT molecular complexity index is 559. The molecule has 3 nitrogen and oxygen atoms in total. The van der Waals surface area contributed by atoms with E-state index in [-0.39, 0.29) is 0 Å². The Morgan fingerprint density at radius 3 is 2.40 bits per heavy atom. The lowest BCUT2D eigenvalue weighted by molar-refractivity contribution is 0.256. The second kappa shape index (κ2) is 6.25. The monoisotopic (exact) mass is 269 g/mol. The van der Waals surface area contributed by atoms with Crippen LogP contribution in [0.2, 0.25) is 0 Å². The summed E-state index contributed by atoms with van der Waals surface area (Å²) >= 11 is 0. The van der Waals surface area contributed by atoms with E-state index in [4.69, 9.17) is 5.73 Å². The maximum Gasteiger partial charge on any atom is 0.0373 e. The molecule has 0 spiro atoms. The average Bonchev–Trinajstić information content (AvgIpc) is 2.53. The normalized spacial score (nSPS) is 16.8. The first kappa shape index (κ1) is 13.4. The van der Waals surface area contributed by atoms with E-state index in [2.05, 4.69) is 52.3 Å². The van der Waals surface area contributed by atoms with Crippen molar-refractivity contribution in [3.63, 3.8) is 0 Å². The molecule has 1 fully saturated rings. The van der Waals surface area contributed by atoms with Crippen LogP contribution in [0.3, 0.4) is 0 Å². The number of fused-ring (bicyclic) bond motifs is 1. The minimum atomic E-state index is 0.797. The summed E-state index contributed by atoms with van der Waals surface area (Å²) in [5.74, 6) is 0. The number of nitrogens with two attached hydrogens (primary N) is 1. The minimum Gasteiger partial charge on any atom is -0.369 e. The first-order valence-electron chi connectivity index (χ1n) is 7.53. The summed E-state index contributed by atoms with van der Waals surface area (Å²) in [7, 11) is 0. The van der Waals surface area contributed by atoms with Crippen LogP contribution in [-0.4, -0.2) is 44.2 Å². The molecule has 0 bridgehead atoms. The molecule has 1 aliphatic rings. The second-order valence-electron chi connectivity index (χ2n) is 5.50. The molecule has 0 atom stereocenters. The van der Waals surface area contributed by atoms with Gasteiger partial charge in [0.05, 0.1) is 0 Å². The van der Waals surface area contributed by atoms with Gasteiger partial charge >= 0.3 is 0 Å². The van der Waals surface area contributed by atoms with E-state index in [9.17, 15) is 0 Å². The highest BCUT2D eigenvalue weighted by Crippen LogP contribution is 2.23. The molecule has 0 saturated carbocycles. The number of hydrogen-bond acceptors (Lipinski definition) is 3. The number of benzene rings is 2. The molecule has 3 heteroatoms. The molecule has 3 rings (SSSR count). The Labute approximate surface area is 121 Å². The van der Waals surface area contributed by atoms with Crippen LogP contribution >= 0.6 is 0 Å². The SMILES string of the molecule is NCCCN1CCN(c2ccc3ccccc3c2)CC1. The Morgan fingerprint density at radius 1 is 0.900 bits per heavy atom. The summed E-state index contributed by atoms with van der Waals surface area (Å²) in [5.41, 5.74) is 6.93. The van der Waals surface area contributed by atoms with Crippen LogP contribution in [0.15, 0.2) is 42.5 Å². The minimum absolute atomic E-state index is 0.797. The highest BCUT2D eigenvalue weighted by atomic mass is 15.3. The van der Waals surface area contributed by atoms with Crippen LogP contribution in [0.5, 0.6) is 0 Å². The fourth-order valence-electron chi connectivity index (χ4n) is 2.92. The molecule has 0 unspecified atom stereocenters. The van der Waals surface area contributed by atoms with E-state index < -0.39 is 0 Å². The number of hydrogen-bond donors (Lipinski definition) is 1. The van der Waals surface area contributed by atoms with Gasteiger partial charge in [0.15, 0.2) is 0 Å². The average molecular weight is 269 g/mol. The second-order valence-corrected chi connectivity index (χ2v) is 5.50. The van der Waals surface area contributed by atoms with Crippen molar-refractivity contribution in [1.29, 1.82) is 0 Å². The van der Waals surface area contributed by atoms with Crippen molar-refractivity contribution in [3.8, 4) is 0 Å².